The zero-order chi connectivity index (χ0) is 13.7. The number of aliphatic hydroxyl groups is 1. The Morgan fingerprint density at radius 1 is 1.56 bits per heavy atom. The minimum atomic E-state index is -0.408. The fraction of sp³-hybridized carbons (Fsp3) is 0.667. The van der Waals surface area contributed by atoms with Gasteiger partial charge in [0.25, 0.3) is 5.56 Å². The molecule has 0 aliphatic carbocycles. The monoisotopic (exact) mass is 317 g/mol. The molecule has 1 heterocycles. The first-order chi connectivity index (χ1) is 8.47. The van der Waals surface area contributed by atoms with E-state index >= 15 is 0 Å². The van der Waals surface area contributed by atoms with E-state index in [9.17, 15) is 9.90 Å². The van der Waals surface area contributed by atoms with Gasteiger partial charge in [0.2, 0.25) is 0 Å². The van der Waals surface area contributed by atoms with Crippen LogP contribution in [0.5, 0.6) is 0 Å². The molecule has 0 spiro atoms. The van der Waals surface area contributed by atoms with Crippen molar-refractivity contribution in [3.05, 3.63) is 21.0 Å². The Balaban J connectivity index is 2.80. The van der Waals surface area contributed by atoms with Gasteiger partial charge in [-0.1, -0.05) is 13.3 Å². The predicted molar refractivity (Wildman–Crippen MR) is 76.0 cm³/mol. The Labute approximate surface area is 115 Å². The zero-order valence-electron chi connectivity index (χ0n) is 11.0. The molecule has 6 heteroatoms. The number of hydrogen-bond acceptors (Lipinski definition) is 4. The SMILES string of the molecule is CCCC(O)CNc1cnn(C(C)C)c(=O)c1Br. The van der Waals surface area contributed by atoms with Gasteiger partial charge in [-0.05, 0) is 36.2 Å². The van der Waals surface area contributed by atoms with Gasteiger partial charge in [0.05, 0.1) is 24.0 Å². The van der Waals surface area contributed by atoms with Crippen molar-refractivity contribution in [3.63, 3.8) is 0 Å². The average molecular weight is 318 g/mol. The van der Waals surface area contributed by atoms with Crippen molar-refractivity contribution in [2.45, 2.75) is 45.8 Å². The van der Waals surface area contributed by atoms with Crippen molar-refractivity contribution in [2.75, 3.05) is 11.9 Å². The average Bonchev–Trinajstić information content (AvgIpc) is 2.31. The van der Waals surface area contributed by atoms with Crippen LogP contribution in [0.3, 0.4) is 0 Å². The van der Waals surface area contributed by atoms with Gasteiger partial charge in [0.1, 0.15) is 4.47 Å². The van der Waals surface area contributed by atoms with Crippen molar-refractivity contribution < 1.29 is 5.11 Å². The lowest BCUT2D eigenvalue weighted by Crippen LogP contribution is -2.27. The van der Waals surface area contributed by atoms with Crippen molar-refractivity contribution in [2.24, 2.45) is 0 Å². The Bertz CT molecular complexity index is 445. The van der Waals surface area contributed by atoms with Crippen LogP contribution < -0.4 is 10.9 Å². The van der Waals surface area contributed by atoms with Gasteiger partial charge in [0.15, 0.2) is 0 Å². The smallest absolute Gasteiger partial charge is 0.283 e. The summed E-state index contributed by atoms with van der Waals surface area (Å²) in [5, 5.41) is 16.8. The molecule has 0 bridgehead atoms. The van der Waals surface area contributed by atoms with Crippen LogP contribution in [-0.4, -0.2) is 27.5 Å². The standard InChI is InChI=1S/C12H20BrN3O2/c1-4-5-9(17)6-14-10-7-15-16(8(2)3)12(18)11(10)13/h7-9,14,17H,4-6H2,1-3H3. The van der Waals surface area contributed by atoms with Crippen LogP contribution in [0.2, 0.25) is 0 Å². The molecule has 0 radical (unpaired) electrons. The van der Waals surface area contributed by atoms with E-state index in [1.54, 1.807) is 6.20 Å². The van der Waals surface area contributed by atoms with E-state index in [-0.39, 0.29) is 11.6 Å². The first kappa shape index (κ1) is 15.2. The second-order valence-corrected chi connectivity index (χ2v) is 5.33. The lowest BCUT2D eigenvalue weighted by Gasteiger charge is -2.14. The Hall–Kier alpha value is -0.880. The highest BCUT2D eigenvalue weighted by Crippen LogP contribution is 2.17. The maximum atomic E-state index is 12.0. The fourth-order valence-electron chi connectivity index (χ4n) is 1.60. The van der Waals surface area contributed by atoms with Crippen LogP contribution in [0.15, 0.2) is 15.5 Å². The largest absolute Gasteiger partial charge is 0.391 e. The summed E-state index contributed by atoms with van der Waals surface area (Å²) in [6.45, 7) is 6.24. The van der Waals surface area contributed by atoms with Crippen LogP contribution in [0, 0.1) is 0 Å². The molecule has 1 aromatic rings. The Morgan fingerprint density at radius 3 is 2.78 bits per heavy atom. The molecule has 0 saturated heterocycles. The van der Waals surface area contributed by atoms with Gasteiger partial charge >= 0.3 is 0 Å². The number of nitrogens with one attached hydrogen (secondary N) is 1. The highest BCUT2D eigenvalue weighted by atomic mass is 79.9. The van der Waals surface area contributed by atoms with E-state index in [1.807, 2.05) is 20.8 Å². The molecule has 1 rings (SSSR count). The number of rotatable bonds is 6. The van der Waals surface area contributed by atoms with Crippen LogP contribution >= 0.6 is 15.9 Å². The minimum Gasteiger partial charge on any atom is -0.391 e. The lowest BCUT2D eigenvalue weighted by atomic mass is 10.2. The van der Waals surface area contributed by atoms with E-state index in [0.29, 0.717) is 16.7 Å². The van der Waals surface area contributed by atoms with Crippen molar-refractivity contribution in [1.82, 2.24) is 9.78 Å². The Morgan fingerprint density at radius 2 is 2.22 bits per heavy atom. The van der Waals surface area contributed by atoms with Crippen LogP contribution in [0.1, 0.15) is 39.7 Å². The molecule has 0 saturated carbocycles. The summed E-state index contributed by atoms with van der Waals surface area (Å²) in [5.74, 6) is 0. The molecule has 102 valence electrons. The highest BCUT2D eigenvalue weighted by Gasteiger charge is 2.11. The van der Waals surface area contributed by atoms with E-state index in [0.717, 1.165) is 12.8 Å². The predicted octanol–water partition coefficient (Wildman–Crippen LogP) is 2.16. The summed E-state index contributed by atoms with van der Waals surface area (Å²) in [6, 6.07) is 0.0218. The van der Waals surface area contributed by atoms with Crippen LogP contribution in [0.25, 0.3) is 0 Å². The molecule has 1 unspecified atom stereocenters. The van der Waals surface area contributed by atoms with Gasteiger partial charge in [-0.25, -0.2) is 4.68 Å². The normalized spacial score (nSPS) is 12.8. The second kappa shape index (κ2) is 6.89. The zero-order valence-corrected chi connectivity index (χ0v) is 12.6. The maximum absolute atomic E-state index is 12.0. The van der Waals surface area contributed by atoms with Crippen LogP contribution in [0.4, 0.5) is 5.69 Å². The number of hydrogen-bond donors (Lipinski definition) is 2. The maximum Gasteiger partial charge on any atom is 0.283 e. The molecule has 18 heavy (non-hydrogen) atoms. The topological polar surface area (TPSA) is 67.2 Å². The summed E-state index contributed by atoms with van der Waals surface area (Å²) in [5.41, 5.74) is 0.451. The van der Waals surface area contributed by atoms with Crippen molar-refractivity contribution >= 4 is 21.6 Å². The van der Waals surface area contributed by atoms with Crippen molar-refractivity contribution in [3.8, 4) is 0 Å². The third-order valence-corrected chi connectivity index (χ3v) is 3.35. The van der Waals surface area contributed by atoms with Gasteiger partial charge in [0, 0.05) is 6.54 Å². The number of aliphatic hydroxyl groups excluding tert-OH is 1. The molecule has 5 nitrogen and oxygen atoms in total. The summed E-state index contributed by atoms with van der Waals surface area (Å²) in [6.07, 6.45) is 2.86. The van der Waals surface area contributed by atoms with Gasteiger partial charge in [-0.3, -0.25) is 4.79 Å². The third kappa shape index (κ3) is 3.81. The molecular weight excluding hydrogens is 298 g/mol. The third-order valence-electron chi connectivity index (χ3n) is 2.58. The van der Waals surface area contributed by atoms with E-state index in [1.165, 1.54) is 4.68 Å². The Kier molecular flexibility index (Phi) is 5.81. The number of nitrogens with zero attached hydrogens (tertiary/aromatic N) is 2. The molecule has 0 amide bonds. The first-order valence-electron chi connectivity index (χ1n) is 6.16. The highest BCUT2D eigenvalue weighted by molar-refractivity contribution is 9.10. The second-order valence-electron chi connectivity index (χ2n) is 4.54. The van der Waals surface area contributed by atoms with Gasteiger partial charge in [-0.15, -0.1) is 0 Å². The summed E-state index contributed by atoms with van der Waals surface area (Å²) in [7, 11) is 0. The first-order valence-corrected chi connectivity index (χ1v) is 6.95. The molecule has 0 aromatic carbocycles. The molecular formula is C12H20BrN3O2. The van der Waals surface area contributed by atoms with E-state index < -0.39 is 6.10 Å². The molecule has 1 atom stereocenters. The summed E-state index contributed by atoms with van der Waals surface area (Å²) in [4.78, 5) is 12.0. The summed E-state index contributed by atoms with van der Waals surface area (Å²) >= 11 is 3.27. The molecule has 0 aliphatic rings. The van der Waals surface area contributed by atoms with Crippen molar-refractivity contribution in [1.29, 1.82) is 0 Å². The molecule has 0 aliphatic heterocycles. The van der Waals surface area contributed by atoms with Gasteiger partial charge in [-0.2, -0.15) is 5.10 Å². The fourth-order valence-corrected chi connectivity index (χ4v) is 2.02. The van der Waals surface area contributed by atoms with Gasteiger partial charge < -0.3 is 10.4 Å². The number of anilines is 1. The van der Waals surface area contributed by atoms with Crippen LogP contribution in [-0.2, 0) is 0 Å². The quantitative estimate of drug-likeness (QED) is 0.843. The number of halogens is 1. The summed E-state index contributed by atoms with van der Waals surface area (Å²) < 4.78 is 1.87. The number of aromatic nitrogens is 2. The van der Waals surface area contributed by atoms with E-state index in [4.69, 9.17) is 0 Å². The minimum absolute atomic E-state index is 0.0218. The molecule has 2 N–H and O–H groups in total. The van der Waals surface area contributed by atoms with E-state index in [2.05, 4.69) is 26.3 Å². The molecule has 1 aromatic heterocycles. The lowest BCUT2D eigenvalue weighted by molar-refractivity contribution is 0.176. The molecule has 0 fully saturated rings.